The van der Waals surface area contributed by atoms with Crippen LogP contribution in [0.5, 0.6) is 0 Å². The second-order valence-corrected chi connectivity index (χ2v) is 11.0. The third kappa shape index (κ3) is 2.98. The molecule has 0 aromatic heterocycles. The number of carbonyl (C=O) groups is 1. The molecule has 3 fully saturated rings. The van der Waals surface area contributed by atoms with Gasteiger partial charge in [0.15, 0.2) is 5.78 Å². The lowest BCUT2D eigenvalue weighted by molar-refractivity contribution is -0.114. The van der Waals surface area contributed by atoms with Crippen molar-refractivity contribution in [3.8, 4) is 11.8 Å². The standard InChI is InChI=1S/C27H37NO2/c1-3-13-27(30)14-12-24-22-10-6-18-15-20(29)9-11-21(18)25(22)23(16-26(24,27)2)17-4-7-19(28)8-5-17/h15,17,19,22-24,30H,4-12,14,16,28H2,1-2H3/t17?,19?,22?,23?,24?,26-,27-/m0/s1. The molecule has 0 aromatic carbocycles. The molecule has 0 bridgehead atoms. The van der Waals surface area contributed by atoms with Crippen molar-refractivity contribution in [3.63, 3.8) is 0 Å². The molecule has 0 amide bonds. The monoisotopic (exact) mass is 407 g/mol. The van der Waals surface area contributed by atoms with Crippen LogP contribution in [0.15, 0.2) is 22.8 Å². The number of ketones is 1. The van der Waals surface area contributed by atoms with Gasteiger partial charge in [-0.2, -0.15) is 0 Å². The van der Waals surface area contributed by atoms with Gasteiger partial charge in [-0.1, -0.05) is 18.4 Å². The van der Waals surface area contributed by atoms with Crippen molar-refractivity contribution in [1.29, 1.82) is 0 Å². The molecule has 3 saturated carbocycles. The molecule has 3 heteroatoms. The van der Waals surface area contributed by atoms with E-state index in [1.807, 2.05) is 13.0 Å². The fraction of sp³-hybridized carbons (Fsp3) is 0.741. The largest absolute Gasteiger partial charge is 0.377 e. The number of aliphatic hydroxyl groups is 1. The van der Waals surface area contributed by atoms with Gasteiger partial charge in [0.25, 0.3) is 0 Å². The minimum Gasteiger partial charge on any atom is -0.377 e. The fourth-order valence-electron chi connectivity index (χ4n) is 8.11. The maximum Gasteiger partial charge on any atom is 0.156 e. The first-order valence-electron chi connectivity index (χ1n) is 12.2. The highest BCUT2D eigenvalue weighted by Gasteiger charge is 2.63. The molecule has 5 aliphatic carbocycles. The van der Waals surface area contributed by atoms with Gasteiger partial charge in [-0.3, -0.25) is 4.79 Å². The van der Waals surface area contributed by atoms with E-state index in [9.17, 15) is 9.90 Å². The highest BCUT2D eigenvalue weighted by atomic mass is 16.3. The van der Waals surface area contributed by atoms with Gasteiger partial charge in [0.05, 0.1) is 0 Å². The maximum absolute atomic E-state index is 12.1. The van der Waals surface area contributed by atoms with Crippen molar-refractivity contribution in [3.05, 3.63) is 22.8 Å². The summed E-state index contributed by atoms with van der Waals surface area (Å²) in [5, 5.41) is 11.7. The molecule has 5 aliphatic rings. The lowest BCUT2D eigenvalue weighted by Gasteiger charge is -2.55. The molecule has 3 N–H and O–H groups in total. The van der Waals surface area contributed by atoms with E-state index >= 15 is 0 Å². The van der Waals surface area contributed by atoms with Crippen LogP contribution in [0.1, 0.15) is 84.5 Å². The van der Waals surface area contributed by atoms with Gasteiger partial charge in [0.2, 0.25) is 0 Å². The van der Waals surface area contributed by atoms with E-state index in [4.69, 9.17) is 5.73 Å². The van der Waals surface area contributed by atoms with Crippen molar-refractivity contribution < 1.29 is 9.90 Å². The highest BCUT2D eigenvalue weighted by molar-refractivity contribution is 5.93. The van der Waals surface area contributed by atoms with E-state index in [1.165, 1.54) is 24.0 Å². The van der Waals surface area contributed by atoms with Crippen LogP contribution in [0, 0.1) is 40.9 Å². The van der Waals surface area contributed by atoms with Crippen LogP contribution >= 0.6 is 0 Å². The van der Waals surface area contributed by atoms with Gasteiger partial charge in [-0.05, 0) is 112 Å². The topological polar surface area (TPSA) is 63.3 Å². The Bertz CT molecular complexity index is 865. The molecule has 0 saturated heterocycles. The quantitative estimate of drug-likeness (QED) is 0.620. The molecule has 0 spiro atoms. The van der Waals surface area contributed by atoms with E-state index in [0.29, 0.717) is 41.9 Å². The van der Waals surface area contributed by atoms with Crippen LogP contribution < -0.4 is 5.73 Å². The Labute approximate surface area is 181 Å². The van der Waals surface area contributed by atoms with Crippen molar-refractivity contribution in [2.45, 2.75) is 96.1 Å². The molecule has 0 radical (unpaired) electrons. The van der Waals surface area contributed by atoms with E-state index in [2.05, 4.69) is 18.8 Å². The van der Waals surface area contributed by atoms with Crippen LogP contribution in [0.3, 0.4) is 0 Å². The average Bonchev–Trinajstić information content (AvgIpc) is 2.98. The van der Waals surface area contributed by atoms with Crippen molar-refractivity contribution >= 4 is 5.78 Å². The molecule has 162 valence electrons. The minimum atomic E-state index is -0.857. The summed E-state index contributed by atoms with van der Waals surface area (Å²) in [5.41, 5.74) is 9.82. The van der Waals surface area contributed by atoms with E-state index < -0.39 is 5.60 Å². The number of fused-ring (bicyclic) bond motifs is 4. The lowest BCUT2D eigenvalue weighted by atomic mass is 9.49. The van der Waals surface area contributed by atoms with E-state index in [1.54, 1.807) is 5.57 Å². The lowest BCUT2D eigenvalue weighted by Crippen LogP contribution is -2.52. The van der Waals surface area contributed by atoms with Gasteiger partial charge in [0, 0.05) is 17.9 Å². The molecule has 0 aromatic rings. The maximum atomic E-state index is 12.1. The molecule has 0 heterocycles. The molecule has 5 rings (SSSR count). The van der Waals surface area contributed by atoms with Crippen LogP contribution in [0.4, 0.5) is 0 Å². The smallest absolute Gasteiger partial charge is 0.156 e. The molecular formula is C27H37NO2. The SMILES string of the molecule is CC#C[C@]1(O)CCC2C3CCC4=CC(=O)CCC4=C3C(C3CCC(N)CC3)C[C@@]21C. The molecular weight excluding hydrogens is 370 g/mol. The highest BCUT2D eigenvalue weighted by Crippen LogP contribution is 2.66. The number of carbonyl (C=O) groups excluding carboxylic acids is 1. The summed E-state index contributed by atoms with van der Waals surface area (Å²) in [5.74, 6) is 8.85. The summed E-state index contributed by atoms with van der Waals surface area (Å²) in [4.78, 5) is 12.1. The second kappa shape index (κ2) is 7.35. The number of rotatable bonds is 1. The van der Waals surface area contributed by atoms with Gasteiger partial charge in [0.1, 0.15) is 5.60 Å². The van der Waals surface area contributed by atoms with Crippen LogP contribution in [-0.2, 0) is 4.79 Å². The predicted octanol–water partition coefficient (Wildman–Crippen LogP) is 4.69. The van der Waals surface area contributed by atoms with Crippen LogP contribution in [-0.4, -0.2) is 22.5 Å². The molecule has 5 atom stereocenters. The van der Waals surface area contributed by atoms with Gasteiger partial charge in [-0.25, -0.2) is 0 Å². The third-order valence-corrected chi connectivity index (χ3v) is 9.64. The van der Waals surface area contributed by atoms with Gasteiger partial charge < -0.3 is 10.8 Å². The van der Waals surface area contributed by atoms with Crippen molar-refractivity contribution in [2.75, 3.05) is 0 Å². The Hall–Kier alpha value is -1.37. The number of hydrogen-bond donors (Lipinski definition) is 2. The second-order valence-electron chi connectivity index (χ2n) is 11.0. The first kappa shape index (κ1) is 20.5. The predicted molar refractivity (Wildman–Crippen MR) is 119 cm³/mol. The zero-order valence-electron chi connectivity index (χ0n) is 18.7. The van der Waals surface area contributed by atoms with E-state index in [-0.39, 0.29) is 5.41 Å². The van der Waals surface area contributed by atoms with Crippen molar-refractivity contribution in [2.24, 2.45) is 34.8 Å². The molecule has 3 unspecified atom stereocenters. The Balaban J connectivity index is 1.61. The summed E-state index contributed by atoms with van der Waals surface area (Å²) in [6.07, 6.45) is 13.3. The Morgan fingerprint density at radius 3 is 2.57 bits per heavy atom. The van der Waals surface area contributed by atoms with Crippen molar-refractivity contribution in [1.82, 2.24) is 0 Å². The first-order chi connectivity index (χ1) is 14.4. The Kier molecular flexibility index (Phi) is 5.03. The zero-order chi connectivity index (χ0) is 21.1. The summed E-state index contributed by atoms with van der Waals surface area (Å²) < 4.78 is 0. The first-order valence-corrected chi connectivity index (χ1v) is 12.2. The number of nitrogens with two attached hydrogens (primary N) is 1. The summed E-state index contributed by atoms with van der Waals surface area (Å²) in [7, 11) is 0. The van der Waals surface area contributed by atoms with Gasteiger partial charge in [-0.15, -0.1) is 5.92 Å². The van der Waals surface area contributed by atoms with Crippen LogP contribution in [0.2, 0.25) is 0 Å². The molecule has 30 heavy (non-hydrogen) atoms. The summed E-state index contributed by atoms with van der Waals surface area (Å²) >= 11 is 0. The van der Waals surface area contributed by atoms with E-state index in [0.717, 1.165) is 51.4 Å². The summed E-state index contributed by atoms with van der Waals surface area (Å²) in [6, 6.07) is 0.352. The fourth-order valence-corrected chi connectivity index (χ4v) is 8.11. The average molecular weight is 408 g/mol. The molecule has 0 aliphatic heterocycles. The minimum absolute atomic E-state index is 0.138. The molecule has 3 nitrogen and oxygen atoms in total. The summed E-state index contributed by atoms with van der Waals surface area (Å²) in [6.45, 7) is 4.20. The number of hydrogen-bond acceptors (Lipinski definition) is 3. The van der Waals surface area contributed by atoms with Gasteiger partial charge >= 0.3 is 0 Å². The Morgan fingerprint density at radius 1 is 1.07 bits per heavy atom. The number of allylic oxidation sites excluding steroid dienone is 4. The Morgan fingerprint density at radius 2 is 1.83 bits per heavy atom. The van der Waals surface area contributed by atoms with Crippen LogP contribution in [0.25, 0.3) is 0 Å². The normalized spacial score (nSPS) is 45.7. The zero-order valence-corrected chi connectivity index (χ0v) is 18.7. The third-order valence-electron chi connectivity index (χ3n) is 9.64.